The molecule has 4 heterocycles. The predicted molar refractivity (Wildman–Crippen MR) is 168 cm³/mol. The van der Waals surface area contributed by atoms with E-state index in [9.17, 15) is 26.3 Å². The summed E-state index contributed by atoms with van der Waals surface area (Å²) in [5.74, 6) is 0.277. The summed E-state index contributed by atoms with van der Waals surface area (Å²) >= 11 is 0. The van der Waals surface area contributed by atoms with Gasteiger partial charge in [-0.25, -0.2) is 9.97 Å². The Bertz CT molecular complexity index is 1460. The third-order valence-electron chi connectivity index (χ3n) is 8.19. The van der Waals surface area contributed by atoms with Crippen molar-refractivity contribution in [2.45, 2.75) is 44.8 Å². The number of ether oxygens (including phenoxy) is 2. The van der Waals surface area contributed by atoms with Crippen LogP contribution < -0.4 is 15.1 Å². The number of nitrogens with one attached hydrogen (secondary N) is 1. The van der Waals surface area contributed by atoms with Gasteiger partial charge in [-0.1, -0.05) is 19.6 Å². The van der Waals surface area contributed by atoms with Crippen molar-refractivity contribution in [3.63, 3.8) is 0 Å². The van der Waals surface area contributed by atoms with Gasteiger partial charge in [-0.05, 0) is 30.3 Å². The largest absolute Gasteiger partial charge is 0.419 e. The molecular weight excluding hydrogens is 632 g/mol. The number of pyridine rings is 1. The average Bonchev–Trinajstić information content (AvgIpc) is 3.35. The molecule has 0 amide bonds. The van der Waals surface area contributed by atoms with E-state index < -0.39 is 31.6 Å². The van der Waals surface area contributed by atoms with Crippen LogP contribution >= 0.6 is 0 Å². The number of halogens is 6. The van der Waals surface area contributed by atoms with Crippen LogP contribution in [0.1, 0.15) is 11.1 Å². The van der Waals surface area contributed by atoms with Crippen LogP contribution in [0.15, 0.2) is 30.5 Å². The highest BCUT2D eigenvalue weighted by Crippen LogP contribution is 2.39. The molecule has 0 radical (unpaired) electrons. The van der Waals surface area contributed by atoms with Crippen molar-refractivity contribution in [2.24, 2.45) is 0 Å². The topological polar surface area (TPSA) is 70.9 Å². The first-order chi connectivity index (χ1) is 21.7. The monoisotopic (exact) mass is 673 g/mol. The molecule has 1 aromatic carbocycles. The highest BCUT2D eigenvalue weighted by Gasteiger charge is 2.37. The lowest BCUT2D eigenvalue weighted by Crippen LogP contribution is -2.48. The molecule has 0 atom stereocenters. The van der Waals surface area contributed by atoms with Crippen LogP contribution in [0.4, 0.5) is 43.8 Å². The van der Waals surface area contributed by atoms with E-state index in [0.717, 1.165) is 31.3 Å². The second-order valence-corrected chi connectivity index (χ2v) is 18.4. The van der Waals surface area contributed by atoms with Gasteiger partial charge in [0.15, 0.2) is 0 Å². The van der Waals surface area contributed by atoms with Crippen LogP contribution in [0.5, 0.6) is 0 Å². The molecular formula is C30H41F6N7O2Si. The van der Waals surface area contributed by atoms with Gasteiger partial charge in [-0.2, -0.15) is 26.3 Å². The zero-order valence-electron chi connectivity index (χ0n) is 26.3. The van der Waals surface area contributed by atoms with Crippen molar-refractivity contribution in [1.82, 2.24) is 19.4 Å². The van der Waals surface area contributed by atoms with E-state index in [1.54, 1.807) is 9.47 Å². The molecule has 3 aromatic rings. The Hall–Kier alpha value is -3.08. The van der Waals surface area contributed by atoms with Crippen molar-refractivity contribution in [3.05, 3.63) is 41.6 Å². The Morgan fingerprint density at radius 2 is 1.59 bits per heavy atom. The van der Waals surface area contributed by atoms with Crippen molar-refractivity contribution in [3.8, 4) is 0 Å². The fourth-order valence-corrected chi connectivity index (χ4v) is 6.36. The van der Waals surface area contributed by atoms with Gasteiger partial charge < -0.3 is 24.6 Å². The minimum absolute atomic E-state index is 0.00388. The van der Waals surface area contributed by atoms with Gasteiger partial charge in [-0.15, -0.1) is 0 Å². The summed E-state index contributed by atoms with van der Waals surface area (Å²) in [5, 5.41) is 2.98. The number of hydrogen-bond acceptors (Lipinski definition) is 8. The van der Waals surface area contributed by atoms with Crippen LogP contribution in [-0.4, -0.2) is 99.7 Å². The third kappa shape index (κ3) is 8.43. The minimum atomic E-state index is -4.62. The summed E-state index contributed by atoms with van der Waals surface area (Å²) < 4.78 is 97.1. The quantitative estimate of drug-likeness (QED) is 0.155. The molecule has 2 saturated heterocycles. The van der Waals surface area contributed by atoms with Gasteiger partial charge in [0.05, 0.1) is 35.4 Å². The molecule has 0 unspecified atom stereocenters. The van der Waals surface area contributed by atoms with Crippen LogP contribution in [0.3, 0.4) is 0 Å². The zero-order chi connectivity index (χ0) is 33.1. The molecule has 16 heteroatoms. The zero-order valence-corrected chi connectivity index (χ0v) is 27.3. The van der Waals surface area contributed by atoms with E-state index in [0.29, 0.717) is 57.5 Å². The Morgan fingerprint density at radius 3 is 2.24 bits per heavy atom. The van der Waals surface area contributed by atoms with E-state index in [4.69, 9.17) is 14.5 Å². The predicted octanol–water partition coefficient (Wildman–Crippen LogP) is 5.85. The van der Waals surface area contributed by atoms with Gasteiger partial charge >= 0.3 is 12.4 Å². The number of anilines is 3. The number of benzene rings is 1. The van der Waals surface area contributed by atoms with Crippen LogP contribution in [-0.2, 0) is 28.6 Å². The maximum atomic E-state index is 14.4. The molecule has 2 aromatic heterocycles. The lowest BCUT2D eigenvalue weighted by atomic mass is 10.1. The number of alkyl halides is 6. The van der Waals surface area contributed by atoms with Crippen molar-refractivity contribution >= 4 is 36.6 Å². The highest BCUT2D eigenvalue weighted by atomic mass is 28.3. The average molecular weight is 674 g/mol. The van der Waals surface area contributed by atoms with E-state index in [1.807, 2.05) is 4.90 Å². The first kappa shape index (κ1) is 34.3. The van der Waals surface area contributed by atoms with Crippen LogP contribution in [0, 0.1) is 0 Å². The molecule has 46 heavy (non-hydrogen) atoms. The number of nitrogens with zero attached hydrogens (tertiary/aromatic N) is 6. The van der Waals surface area contributed by atoms with Gasteiger partial charge in [-0.3, -0.25) is 9.47 Å². The summed E-state index contributed by atoms with van der Waals surface area (Å²) in [6.07, 6.45) is -7.83. The van der Waals surface area contributed by atoms with E-state index in [2.05, 4.69) is 34.8 Å². The number of hydrogen-bond donors (Lipinski definition) is 1. The number of aromatic nitrogens is 3. The lowest BCUT2D eigenvalue weighted by Gasteiger charge is -2.37. The Morgan fingerprint density at radius 1 is 0.913 bits per heavy atom. The number of rotatable bonds is 11. The van der Waals surface area contributed by atoms with Gasteiger partial charge in [0.1, 0.15) is 12.5 Å². The molecule has 0 spiro atoms. The molecule has 0 bridgehead atoms. The van der Waals surface area contributed by atoms with Crippen molar-refractivity contribution in [1.29, 1.82) is 0 Å². The number of morpholine rings is 1. The first-order valence-corrected chi connectivity index (χ1v) is 19.2. The molecule has 2 aliphatic rings. The van der Waals surface area contributed by atoms with Crippen LogP contribution in [0.25, 0.3) is 11.0 Å². The molecule has 1 N–H and O–H groups in total. The highest BCUT2D eigenvalue weighted by molar-refractivity contribution is 6.76. The Balaban J connectivity index is 1.42. The fourth-order valence-electron chi connectivity index (χ4n) is 5.60. The first-order valence-electron chi connectivity index (χ1n) is 15.5. The smallest absolute Gasteiger partial charge is 0.383 e. The van der Waals surface area contributed by atoms with Gasteiger partial charge in [0.25, 0.3) is 0 Å². The maximum absolute atomic E-state index is 14.4. The van der Waals surface area contributed by atoms with E-state index in [-0.39, 0.29) is 36.8 Å². The Kier molecular flexibility index (Phi) is 10.4. The summed E-state index contributed by atoms with van der Waals surface area (Å²) in [4.78, 5) is 14.4. The summed E-state index contributed by atoms with van der Waals surface area (Å²) in [5.41, 5.74) is -1.00. The maximum Gasteiger partial charge on any atom is 0.419 e. The second kappa shape index (κ2) is 14.0. The van der Waals surface area contributed by atoms with Gasteiger partial charge in [0.2, 0.25) is 5.95 Å². The summed E-state index contributed by atoms with van der Waals surface area (Å²) in [7, 11) is -1.42. The van der Waals surface area contributed by atoms with Crippen molar-refractivity contribution < 1.29 is 35.8 Å². The molecule has 9 nitrogen and oxygen atoms in total. The standard InChI is InChI=1S/C30H41F6N7O2Si/c1-46(2,3)18-17-45-21-43-26-19-23(30(34,35)36)24(37-7-8-40-13-15-44-16-14-40)20-25(26)39-28(43)42-11-9-41(10-12-42)27-22(29(31,32)33)5-4-6-38-27/h4-6,19-20,37H,7-18,21H2,1-3H3. The Labute approximate surface area is 265 Å². The second-order valence-electron chi connectivity index (χ2n) is 12.8. The number of imidazole rings is 1. The van der Waals surface area contributed by atoms with E-state index >= 15 is 0 Å². The fraction of sp³-hybridized carbons (Fsp3) is 0.600. The van der Waals surface area contributed by atoms with Gasteiger partial charge in [0, 0.05) is 78.9 Å². The summed E-state index contributed by atoms with van der Waals surface area (Å²) in [6, 6.07) is 5.69. The van der Waals surface area contributed by atoms with Crippen molar-refractivity contribution in [2.75, 3.05) is 87.3 Å². The number of fused-ring (bicyclic) bond motifs is 1. The third-order valence-corrected chi connectivity index (χ3v) is 9.90. The SMILES string of the molecule is C[Si](C)(C)CCOCn1c(N2CCN(c3ncccc3C(F)(F)F)CC2)nc2cc(NCCN3CCOCC3)c(C(F)(F)F)cc21. The molecule has 0 aliphatic carbocycles. The summed E-state index contributed by atoms with van der Waals surface area (Å²) in [6.45, 7) is 11.7. The minimum Gasteiger partial charge on any atom is -0.383 e. The molecule has 254 valence electrons. The lowest BCUT2D eigenvalue weighted by molar-refractivity contribution is -0.138. The van der Waals surface area contributed by atoms with Crippen LogP contribution in [0.2, 0.25) is 25.7 Å². The molecule has 2 fully saturated rings. The molecule has 5 rings (SSSR count). The van der Waals surface area contributed by atoms with E-state index in [1.165, 1.54) is 18.3 Å². The molecule has 0 saturated carbocycles. The normalized spacial score (nSPS) is 17.2. The number of piperazine rings is 1. The molecule has 2 aliphatic heterocycles.